The van der Waals surface area contributed by atoms with Gasteiger partial charge in [0, 0.05) is 15.1 Å². The predicted octanol–water partition coefficient (Wildman–Crippen LogP) is 6.67. The molecule has 0 spiro atoms. The number of nitrogens with zero attached hydrogens (tertiary/aromatic N) is 1. The molecule has 0 saturated heterocycles. The number of hydrogen-bond acceptors (Lipinski definition) is 2. The Kier molecular flexibility index (Phi) is 5.31. The number of hydrogen-bond donors (Lipinski definition) is 0. The molecule has 3 nitrogen and oxygen atoms in total. The molecule has 138 valence electrons. The van der Waals surface area contributed by atoms with E-state index in [1.54, 1.807) is 29.2 Å². The highest BCUT2D eigenvalue weighted by molar-refractivity contribution is 9.10. The molecule has 2 aromatic carbocycles. The largest absolute Gasteiger partial charge is 0.443 e. The van der Waals surface area contributed by atoms with Crippen molar-refractivity contribution in [2.45, 2.75) is 45.3 Å². The Morgan fingerprint density at radius 2 is 2.00 bits per heavy atom. The van der Waals surface area contributed by atoms with Gasteiger partial charge in [-0.3, -0.25) is 4.90 Å². The van der Waals surface area contributed by atoms with Gasteiger partial charge < -0.3 is 4.74 Å². The van der Waals surface area contributed by atoms with Crippen molar-refractivity contribution in [1.29, 1.82) is 0 Å². The normalized spacial score (nSPS) is 17.0. The number of halogens is 3. The van der Waals surface area contributed by atoms with Crippen LogP contribution in [-0.2, 0) is 11.2 Å². The topological polar surface area (TPSA) is 29.5 Å². The highest BCUT2D eigenvalue weighted by Crippen LogP contribution is 2.45. The van der Waals surface area contributed by atoms with Crippen molar-refractivity contribution in [3.63, 3.8) is 0 Å². The molecule has 0 saturated carbocycles. The van der Waals surface area contributed by atoms with Crippen molar-refractivity contribution in [1.82, 2.24) is 0 Å². The number of fused-ring (bicyclic) bond motifs is 1. The van der Waals surface area contributed by atoms with Gasteiger partial charge >= 0.3 is 6.09 Å². The zero-order valence-electron chi connectivity index (χ0n) is 14.9. The Labute approximate surface area is 166 Å². The molecule has 0 aliphatic carbocycles. The summed E-state index contributed by atoms with van der Waals surface area (Å²) in [7, 11) is 0. The molecule has 1 unspecified atom stereocenters. The minimum atomic E-state index is -0.659. The molecular weight excluding hydrogens is 421 g/mol. The molecule has 0 aromatic heterocycles. The van der Waals surface area contributed by atoms with E-state index < -0.39 is 17.7 Å². The molecule has 1 aliphatic heterocycles. The molecule has 6 heteroatoms. The van der Waals surface area contributed by atoms with E-state index in [0.29, 0.717) is 33.6 Å². The van der Waals surface area contributed by atoms with Crippen LogP contribution in [0, 0.1) is 5.82 Å². The van der Waals surface area contributed by atoms with Gasteiger partial charge in [0.25, 0.3) is 0 Å². The SMILES string of the molecule is CC(C)(C)OC(=O)N1c2c(Br)cc(Cl)cc2CCC1c1ccccc1F. The summed E-state index contributed by atoms with van der Waals surface area (Å²) >= 11 is 9.68. The van der Waals surface area contributed by atoms with Crippen molar-refractivity contribution >= 4 is 39.3 Å². The van der Waals surface area contributed by atoms with E-state index in [2.05, 4.69) is 15.9 Å². The number of ether oxygens (including phenoxy) is 1. The van der Waals surface area contributed by atoms with Crippen molar-refractivity contribution in [3.8, 4) is 0 Å². The van der Waals surface area contributed by atoms with Crippen molar-refractivity contribution < 1.29 is 13.9 Å². The molecule has 0 bridgehead atoms. The third-order valence-electron chi connectivity index (χ3n) is 4.20. The number of benzene rings is 2. The number of aryl methyl sites for hydroxylation is 1. The maximum Gasteiger partial charge on any atom is 0.415 e. The minimum Gasteiger partial charge on any atom is -0.443 e. The second kappa shape index (κ2) is 7.20. The van der Waals surface area contributed by atoms with Crippen LogP contribution in [0.2, 0.25) is 5.02 Å². The number of rotatable bonds is 1. The summed E-state index contributed by atoms with van der Waals surface area (Å²) in [6.07, 6.45) is 0.766. The van der Waals surface area contributed by atoms with Crippen molar-refractivity contribution in [3.05, 3.63) is 62.8 Å². The molecule has 3 rings (SSSR count). The fourth-order valence-corrected chi connectivity index (χ4v) is 4.29. The van der Waals surface area contributed by atoms with Gasteiger partial charge in [0.1, 0.15) is 11.4 Å². The molecule has 2 aromatic rings. The minimum absolute atomic E-state index is 0.334. The van der Waals surface area contributed by atoms with Crippen LogP contribution in [-0.4, -0.2) is 11.7 Å². The lowest BCUT2D eigenvalue weighted by molar-refractivity contribution is 0.0559. The fourth-order valence-electron chi connectivity index (χ4n) is 3.23. The zero-order chi connectivity index (χ0) is 19.1. The van der Waals surface area contributed by atoms with Gasteiger partial charge in [-0.2, -0.15) is 0 Å². The average molecular weight is 441 g/mol. The molecule has 0 fully saturated rings. The standard InChI is InChI=1S/C20H20BrClFNO2/c1-20(2,3)26-19(25)24-17(14-6-4-5-7-16(14)23)9-8-12-10-13(22)11-15(21)18(12)24/h4-7,10-11,17H,8-9H2,1-3H3. The Bertz CT molecular complexity index is 850. The second-order valence-electron chi connectivity index (χ2n) is 7.32. The lowest BCUT2D eigenvalue weighted by Crippen LogP contribution is -2.42. The molecular formula is C20H20BrClFNO2. The highest BCUT2D eigenvalue weighted by atomic mass is 79.9. The van der Waals surface area contributed by atoms with Crippen LogP contribution in [0.4, 0.5) is 14.9 Å². The summed E-state index contributed by atoms with van der Waals surface area (Å²) in [6, 6.07) is 9.68. The average Bonchev–Trinajstić information content (AvgIpc) is 2.52. The number of carbonyl (C=O) groups is 1. The molecule has 0 radical (unpaired) electrons. The van der Waals surface area contributed by atoms with E-state index in [0.717, 1.165) is 5.56 Å². The highest BCUT2D eigenvalue weighted by Gasteiger charge is 2.37. The maximum absolute atomic E-state index is 14.5. The van der Waals surface area contributed by atoms with E-state index in [1.807, 2.05) is 26.8 Å². The summed E-state index contributed by atoms with van der Waals surface area (Å²) in [5, 5.41) is 0.587. The summed E-state index contributed by atoms with van der Waals surface area (Å²) in [5.74, 6) is -0.334. The molecule has 26 heavy (non-hydrogen) atoms. The van der Waals surface area contributed by atoms with Crippen LogP contribution >= 0.6 is 27.5 Å². The molecule has 1 heterocycles. The van der Waals surface area contributed by atoms with Gasteiger partial charge in [-0.05, 0) is 73.3 Å². The Morgan fingerprint density at radius 3 is 2.65 bits per heavy atom. The number of anilines is 1. The predicted molar refractivity (Wildman–Crippen MR) is 105 cm³/mol. The van der Waals surface area contributed by atoms with Gasteiger partial charge in [0.05, 0.1) is 11.7 Å². The van der Waals surface area contributed by atoms with Crippen molar-refractivity contribution in [2.24, 2.45) is 0 Å². The number of amides is 1. The monoisotopic (exact) mass is 439 g/mol. The van der Waals surface area contributed by atoms with Crippen molar-refractivity contribution in [2.75, 3.05) is 4.90 Å². The van der Waals surface area contributed by atoms with Gasteiger partial charge in [0.2, 0.25) is 0 Å². The smallest absolute Gasteiger partial charge is 0.415 e. The fraction of sp³-hybridized carbons (Fsp3) is 0.350. The lowest BCUT2D eigenvalue weighted by Gasteiger charge is -2.39. The Balaban J connectivity index is 2.13. The van der Waals surface area contributed by atoms with Crippen LogP contribution in [0.3, 0.4) is 0 Å². The molecule has 0 N–H and O–H groups in total. The summed E-state index contributed by atoms with van der Waals surface area (Å²) in [5.41, 5.74) is 1.43. The second-order valence-corrected chi connectivity index (χ2v) is 8.61. The first-order valence-electron chi connectivity index (χ1n) is 8.42. The lowest BCUT2D eigenvalue weighted by atomic mass is 9.91. The van der Waals surface area contributed by atoms with Crippen LogP contribution in [0.25, 0.3) is 0 Å². The first-order valence-corrected chi connectivity index (χ1v) is 9.59. The van der Waals surface area contributed by atoms with Gasteiger partial charge in [0.15, 0.2) is 0 Å². The van der Waals surface area contributed by atoms with E-state index in [1.165, 1.54) is 6.07 Å². The third-order valence-corrected chi connectivity index (χ3v) is 5.02. The first-order chi connectivity index (χ1) is 12.2. The van der Waals surface area contributed by atoms with E-state index in [4.69, 9.17) is 16.3 Å². The van der Waals surface area contributed by atoms with Gasteiger partial charge in [-0.1, -0.05) is 29.8 Å². The van der Waals surface area contributed by atoms with Gasteiger partial charge in [-0.25, -0.2) is 9.18 Å². The maximum atomic E-state index is 14.5. The molecule has 1 atom stereocenters. The van der Waals surface area contributed by atoms with E-state index in [9.17, 15) is 9.18 Å². The number of carbonyl (C=O) groups excluding carboxylic acids is 1. The molecule has 1 amide bonds. The third kappa shape index (κ3) is 3.89. The van der Waals surface area contributed by atoms with Crippen LogP contribution in [0.5, 0.6) is 0 Å². The summed E-state index contributed by atoms with van der Waals surface area (Å²) in [6.45, 7) is 5.43. The van der Waals surface area contributed by atoms with E-state index >= 15 is 0 Å². The van der Waals surface area contributed by atoms with E-state index in [-0.39, 0.29) is 5.82 Å². The summed E-state index contributed by atoms with van der Waals surface area (Å²) in [4.78, 5) is 14.6. The van der Waals surface area contributed by atoms with Crippen LogP contribution in [0.1, 0.15) is 44.4 Å². The Morgan fingerprint density at radius 1 is 1.31 bits per heavy atom. The first kappa shape index (κ1) is 19.2. The molecule has 1 aliphatic rings. The Hall–Kier alpha value is -1.59. The van der Waals surface area contributed by atoms with Gasteiger partial charge in [-0.15, -0.1) is 0 Å². The van der Waals surface area contributed by atoms with Crippen LogP contribution < -0.4 is 4.90 Å². The quantitative estimate of drug-likeness (QED) is 0.495. The summed E-state index contributed by atoms with van der Waals surface area (Å²) < 4.78 is 20.8. The zero-order valence-corrected chi connectivity index (χ0v) is 17.2. The van der Waals surface area contributed by atoms with Crippen LogP contribution in [0.15, 0.2) is 40.9 Å².